The molecule has 0 spiro atoms. The molecule has 3 rings (SSSR count). The van der Waals surface area contributed by atoms with Gasteiger partial charge in [0.2, 0.25) is 5.91 Å². The molecule has 0 radical (unpaired) electrons. The van der Waals surface area contributed by atoms with Gasteiger partial charge in [0.25, 0.3) is 0 Å². The lowest BCUT2D eigenvalue weighted by Crippen LogP contribution is -2.27. The molecule has 0 aliphatic heterocycles. The van der Waals surface area contributed by atoms with Crippen molar-refractivity contribution in [1.82, 2.24) is 10.3 Å². The highest BCUT2D eigenvalue weighted by molar-refractivity contribution is 7.13. The number of carbonyl (C=O) groups excluding carboxylic acids is 1. The minimum Gasteiger partial charge on any atom is -0.497 e. The maximum absolute atomic E-state index is 12.0. The van der Waals surface area contributed by atoms with Crippen LogP contribution < -0.4 is 10.1 Å². The van der Waals surface area contributed by atoms with Crippen LogP contribution >= 0.6 is 11.3 Å². The zero-order valence-electron chi connectivity index (χ0n) is 14.1. The molecule has 5 heteroatoms. The predicted octanol–water partition coefficient (Wildman–Crippen LogP) is 3.72. The second kappa shape index (κ2) is 8.44. The molecule has 0 aliphatic rings. The molecule has 1 aromatic heterocycles. The molecule has 0 aliphatic carbocycles. The summed E-state index contributed by atoms with van der Waals surface area (Å²) in [5.74, 6) is 0.811. The zero-order chi connectivity index (χ0) is 17.5. The first-order valence-electron chi connectivity index (χ1n) is 8.14. The topological polar surface area (TPSA) is 51.2 Å². The summed E-state index contributed by atoms with van der Waals surface area (Å²) in [7, 11) is 1.63. The summed E-state index contributed by atoms with van der Waals surface area (Å²) in [5, 5.41) is 6.02. The largest absolute Gasteiger partial charge is 0.497 e. The Labute approximate surface area is 151 Å². The standard InChI is InChI=1S/C20H20N2O2S/c1-24-18-9-7-15(8-10-18)13-19(23)21-12-11-17-14-25-20(22-17)16-5-3-2-4-6-16/h2-10,14H,11-13H2,1H3,(H,21,23). The van der Waals surface area contributed by atoms with Crippen LogP contribution in [0, 0.1) is 0 Å². The first-order valence-corrected chi connectivity index (χ1v) is 9.02. The number of hydrogen-bond donors (Lipinski definition) is 1. The minimum absolute atomic E-state index is 0.0173. The van der Waals surface area contributed by atoms with Crippen molar-refractivity contribution in [2.75, 3.05) is 13.7 Å². The summed E-state index contributed by atoms with van der Waals surface area (Å²) in [6.07, 6.45) is 1.11. The van der Waals surface area contributed by atoms with Crippen molar-refractivity contribution in [1.29, 1.82) is 0 Å². The van der Waals surface area contributed by atoms with Crippen LogP contribution in [0.3, 0.4) is 0 Å². The van der Waals surface area contributed by atoms with Crippen LogP contribution in [0.15, 0.2) is 60.0 Å². The predicted molar refractivity (Wildman–Crippen MR) is 101 cm³/mol. The summed E-state index contributed by atoms with van der Waals surface area (Å²) < 4.78 is 5.12. The van der Waals surface area contributed by atoms with Crippen LogP contribution in [0.1, 0.15) is 11.3 Å². The van der Waals surface area contributed by atoms with E-state index in [4.69, 9.17) is 4.74 Å². The smallest absolute Gasteiger partial charge is 0.224 e. The Bertz CT molecular complexity index is 813. The third kappa shape index (κ3) is 4.90. The first-order chi connectivity index (χ1) is 12.2. The van der Waals surface area contributed by atoms with Gasteiger partial charge in [-0.1, -0.05) is 42.5 Å². The molecule has 2 aromatic carbocycles. The number of ether oxygens (including phenoxy) is 1. The average Bonchev–Trinajstić information content (AvgIpc) is 3.12. The first kappa shape index (κ1) is 17.2. The van der Waals surface area contributed by atoms with E-state index in [1.807, 2.05) is 42.5 Å². The fourth-order valence-electron chi connectivity index (χ4n) is 2.46. The van der Waals surface area contributed by atoms with Crippen LogP contribution in [0.5, 0.6) is 5.75 Å². The molecular formula is C20H20N2O2S. The van der Waals surface area contributed by atoms with Crippen molar-refractivity contribution >= 4 is 17.2 Å². The second-order valence-electron chi connectivity index (χ2n) is 5.63. The van der Waals surface area contributed by atoms with Gasteiger partial charge in [-0.15, -0.1) is 11.3 Å². The van der Waals surface area contributed by atoms with E-state index in [1.165, 1.54) is 0 Å². The molecule has 1 amide bonds. The van der Waals surface area contributed by atoms with E-state index in [0.29, 0.717) is 13.0 Å². The van der Waals surface area contributed by atoms with Gasteiger partial charge in [-0.25, -0.2) is 4.98 Å². The van der Waals surface area contributed by atoms with E-state index in [1.54, 1.807) is 18.4 Å². The molecule has 0 saturated heterocycles. The Kier molecular flexibility index (Phi) is 5.80. The number of hydrogen-bond acceptors (Lipinski definition) is 4. The number of nitrogens with one attached hydrogen (secondary N) is 1. The average molecular weight is 352 g/mol. The van der Waals surface area contributed by atoms with Crippen molar-refractivity contribution in [3.63, 3.8) is 0 Å². The van der Waals surface area contributed by atoms with E-state index < -0.39 is 0 Å². The third-order valence-electron chi connectivity index (χ3n) is 3.80. The van der Waals surface area contributed by atoms with Crippen molar-refractivity contribution in [3.05, 3.63) is 71.2 Å². The van der Waals surface area contributed by atoms with E-state index in [9.17, 15) is 4.79 Å². The number of aromatic nitrogens is 1. The maximum Gasteiger partial charge on any atom is 0.224 e. The van der Waals surface area contributed by atoms with E-state index in [2.05, 4.69) is 27.8 Å². The summed E-state index contributed by atoms with van der Waals surface area (Å²) in [5.41, 5.74) is 3.11. The van der Waals surface area contributed by atoms with Crippen molar-refractivity contribution in [3.8, 4) is 16.3 Å². The quantitative estimate of drug-likeness (QED) is 0.705. The van der Waals surface area contributed by atoms with Gasteiger partial charge < -0.3 is 10.1 Å². The molecule has 128 valence electrons. The van der Waals surface area contributed by atoms with E-state index in [0.717, 1.165) is 34.0 Å². The fourth-order valence-corrected chi connectivity index (χ4v) is 3.32. The molecule has 25 heavy (non-hydrogen) atoms. The molecule has 0 unspecified atom stereocenters. The van der Waals surface area contributed by atoms with E-state index in [-0.39, 0.29) is 5.91 Å². The highest BCUT2D eigenvalue weighted by Crippen LogP contribution is 2.23. The SMILES string of the molecule is COc1ccc(CC(=O)NCCc2csc(-c3ccccc3)n2)cc1. The summed E-state index contributed by atoms with van der Waals surface area (Å²) in [4.78, 5) is 16.7. The molecule has 0 bridgehead atoms. The lowest BCUT2D eigenvalue weighted by molar-refractivity contribution is -0.120. The van der Waals surface area contributed by atoms with Crippen molar-refractivity contribution in [2.24, 2.45) is 0 Å². The van der Waals surface area contributed by atoms with Crippen LogP contribution in [-0.4, -0.2) is 24.5 Å². The number of carbonyl (C=O) groups is 1. The maximum atomic E-state index is 12.0. The Hall–Kier alpha value is -2.66. The number of benzene rings is 2. The Morgan fingerprint density at radius 1 is 1.12 bits per heavy atom. The molecule has 0 saturated carbocycles. The molecular weight excluding hydrogens is 332 g/mol. The highest BCUT2D eigenvalue weighted by Gasteiger charge is 2.06. The lowest BCUT2D eigenvalue weighted by atomic mass is 10.1. The summed E-state index contributed by atoms with van der Waals surface area (Å²) in [6.45, 7) is 0.590. The number of amides is 1. The van der Waals surface area contributed by atoms with Gasteiger partial charge in [-0.3, -0.25) is 4.79 Å². The van der Waals surface area contributed by atoms with Gasteiger partial charge in [-0.2, -0.15) is 0 Å². The Morgan fingerprint density at radius 3 is 2.60 bits per heavy atom. The van der Waals surface area contributed by atoms with Crippen LogP contribution in [0.2, 0.25) is 0 Å². The Morgan fingerprint density at radius 2 is 1.88 bits per heavy atom. The van der Waals surface area contributed by atoms with Gasteiger partial charge >= 0.3 is 0 Å². The molecule has 1 heterocycles. The number of nitrogens with zero attached hydrogens (tertiary/aromatic N) is 1. The molecule has 0 atom stereocenters. The van der Waals surface area contributed by atoms with Gasteiger partial charge in [0, 0.05) is 23.9 Å². The molecule has 0 fully saturated rings. The van der Waals surface area contributed by atoms with Gasteiger partial charge in [0.1, 0.15) is 10.8 Å². The van der Waals surface area contributed by atoms with Crippen LogP contribution in [0.4, 0.5) is 0 Å². The summed E-state index contributed by atoms with van der Waals surface area (Å²) in [6, 6.07) is 17.7. The normalized spacial score (nSPS) is 10.4. The third-order valence-corrected chi connectivity index (χ3v) is 4.74. The number of methoxy groups -OCH3 is 1. The minimum atomic E-state index is 0.0173. The van der Waals surface area contributed by atoms with Gasteiger partial charge in [-0.05, 0) is 17.7 Å². The van der Waals surface area contributed by atoms with Gasteiger partial charge in [0.15, 0.2) is 0 Å². The highest BCUT2D eigenvalue weighted by atomic mass is 32.1. The zero-order valence-corrected chi connectivity index (χ0v) is 14.9. The summed E-state index contributed by atoms with van der Waals surface area (Å²) >= 11 is 1.63. The monoisotopic (exact) mass is 352 g/mol. The van der Waals surface area contributed by atoms with Gasteiger partial charge in [0.05, 0.1) is 19.2 Å². The molecule has 3 aromatic rings. The van der Waals surface area contributed by atoms with Crippen molar-refractivity contribution in [2.45, 2.75) is 12.8 Å². The van der Waals surface area contributed by atoms with Crippen molar-refractivity contribution < 1.29 is 9.53 Å². The molecule has 1 N–H and O–H groups in total. The second-order valence-corrected chi connectivity index (χ2v) is 6.49. The van der Waals surface area contributed by atoms with Crippen LogP contribution in [-0.2, 0) is 17.6 Å². The molecule has 4 nitrogen and oxygen atoms in total. The number of thiazole rings is 1. The number of rotatable bonds is 7. The lowest BCUT2D eigenvalue weighted by Gasteiger charge is -2.05. The van der Waals surface area contributed by atoms with Crippen LogP contribution in [0.25, 0.3) is 10.6 Å². The fraction of sp³-hybridized carbons (Fsp3) is 0.200. The van der Waals surface area contributed by atoms with E-state index >= 15 is 0 Å². The Balaban J connectivity index is 1.46.